The molecule has 0 aliphatic carbocycles. The molecule has 0 spiro atoms. The molecule has 2 aliphatic heterocycles. The summed E-state index contributed by atoms with van der Waals surface area (Å²) in [6.07, 6.45) is 1.94. The summed E-state index contributed by atoms with van der Waals surface area (Å²) < 4.78 is 7.70. The van der Waals surface area contributed by atoms with Gasteiger partial charge < -0.3 is 14.4 Å². The second-order valence-corrected chi connectivity index (χ2v) is 7.07. The lowest BCUT2D eigenvalue weighted by atomic mass is 9.83. The average Bonchev–Trinajstić information content (AvgIpc) is 3.03. The van der Waals surface area contributed by atoms with Gasteiger partial charge in [0.15, 0.2) is 0 Å². The molecule has 0 bridgehead atoms. The molecule has 0 saturated carbocycles. The zero-order valence-corrected chi connectivity index (χ0v) is 14.1. The van der Waals surface area contributed by atoms with Gasteiger partial charge in [-0.05, 0) is 16.3 Å². The lowest BCUT2D eigenvalue weighted by molar-refractivity contribution is -0.107. The first kappa shape index (κ1) is 15.1. The lowest BCUT2D eigenvalue weighted by Crippen LogP contribution is -2.58. The maximum absolute atomic E-state index is 11.1. The van der Waals surface area contributed by atoms with Crippen molar-refractivity contribution < 1.29 is 9.84 Å². The van der Waals surface area contributed by atoms with Crippen molar-refractivity contribution in [3.8, 4) is 0 Å². The van der Waals surface area contributed by atoms with Gasteiger partial charge in [0.1, 0.15) is 18.0 Å². The minimum absolute atomic E-state index is 0.597. The van der Waals surface area contributed by atoms with Crippen LogP contribution < -0.4 is 0 Å². The van der Waals surface area contributed by atoms with Crippen molar-refractivity contribution in [2.24, 2.45) is 0 Å². The maximum Gasteiger partial charge on any atom is 0.135 e. The van der Waals surface area contributed by atoms with Crippen LogP contribution in [0.1, 0.15) is 17.1 Å². The highest BCUT2D eigenvalue weighted by Crippen LogP contribution is 2.37. The second-order valence-electron chi connectivity index (χ2n) is 7.07. The number of aliphatic hydroxyl groups is 1. The molecular formula is C20H21N3O2. The first-order valence-electron chi connectivity index (χ1n) is 8.77. The number of nitrogens with zero attached hydrogens (tertiary/aromatic N) is 3. The quantitative estimate of drug-likeness (QED) is 0.798. The first-order valence-corrected chi connectivity index (χ1v) is 8.77. The van der Waals surface area contributed by atoms with Gasteiger partial charge in [0.25, 0.3) is 0 Å². The highest BCUT2D eigenvalue weighted by molar-refractivity contribution is 5.86. The fourth-order valence-electron chi connectivity index (χ4n) is 4.12. The molecule has 0 amide bonds. The van der Waals surface area contributed by atoms with E-state index in [1.165, 1.54) is 11.1 Å². The van der Waals surface area contributed by atoms with Crippen molar-refractivity contribution in [2.45, 2.75) is 25.3 Å². The number of rotatable bonds is 3. The molecule has 0 unspecified atom stereocenters. The molecule has 5 rings (SSSR count). The fraction of sp³-hybridized carbons (Fsp3) is 0.350. The van der Waals surface area contributed by atoms with Gasteiger partial charge >= 0.3 is 0 Å². The third-order valence-corrected chi connectivity index (χ3v) is 5.36. The summed E-state index contributed by atoms with van der Waals surface area (Å²) in [5.74, 6) is 1.01. The van der Waals surface area contributed by atoms with Crippen LogP contribution in [0.25, 0.3) is 10.8 Å². The van der Waals surface area contributed by atoms with Crippen molar-refractivity contribution >= 4 is 10.8 Å². The van der Waals surface area contributed by atoms with Gasteiger partial charge in [0.05, 0.1) is 12.3 Å². The highest BCUT2D eigenvalue weighted by atomic mass is 16.5. The number of hydrogen-bond acceptors (Lipinski definition) is 4. The van der Waals surface area contributed by atoms with Crippen molar-refractivity contribution in [3.05, 3.63) is 65.7 Å². The van der Waals surface area contributed by atoms with Gasteiger partial charge in [0.2, 0.25) is 0 Å². The number of β-amino-alcohol motifs (C(OH)–C–C–N with tert-alkyl or cyclic N) is 1. The van der Waals surface area contributed by atoms with Crippen LogP contribution in [0.3, 0.4) is 0 Å². The largest absolute Gasteiger partial charge is 0.382 e. The smallest absolute Gasteiger partial charge is 0.135 e. The molecule has 128 valence electrons. The van der Waals surface area contributed by atoms with E-state index in [-0.39, 0.29) is 0 Å². The molecule has 1 saturated heterocycles. The third-order valence-electron chi connectivity index (χ3n) is 5.36. The molecule has 1 fully saturated rings. The molecular weight excluding hydrogens is 314 g/mol. The van der Waals surface area contributed by atoms with Crippen LogP contribution in [-0.2, 0) is 30.0 Å². The van der Waals surface area contributed by atoms with Gasteiger partial charge in [0, 0.05) is 32.4 Å². The van der Waals surface area contributed by atoms with Crippen molar-refractivity contribution in [1.29, 1.82) is 0 Å². The second kappa shape index (κ2) is 5.66. The monoisotopic (exact) mass is 335 g/mol. The Balaban J connectivity index is 1.36. The topological polar surface area (TPSA) is 50.5 Å². The van der Waals surface area contributed by atoms with Crippen LogP contribution in [-0.4, -0.2) is 39.3 Å². The van der Waals surface area contributed by atoms with Crippen molar-refractivity contribution in [2.75, 3.05) is 19.7 Å². The van der Waals surface area contributed by atoms with Crippen LogP contribution in [0.2, 0.25) is 0 Å². The molecule has 3 aromatic rings. The number of fused-ring (bicyclic) bond motifs is 2. The minimum atomic E-state index is -0.769. The third kappa shape index (κ3) is 2.47. The summed E-state index contributed by atoms with van der Waals surface area (Å²) in [4.78, 5) is 6.73. The van der Waals surface area contributed by atoms with Gasteiger partial charge in [-0.3, -0.25) is 4.90 Å². The van der Waals surface area contributed by atoms with Crippen LogP contribution >= 0.6 is 0 Å². The Morgan fingerprint density at radius 1 is 1.12 bits per heavy atom. The Morgan fingerprint density at radius 2 is 1.96 bits per heavy atom. The Kier molecular flexibility index (Phi) is 3.41. The highest BCUT2D eigenvalue weighted by Gasteiger charge is 2.43. The normalized spacial score (nSPS) is 19.6. The summed E-state index contributed by atoms with van der Waals surface area (Å²) in [5.41, 5.74) is 1.47. The Morgan fingerprint density at radius 3 is 2.88 bits per heavy atom. The van der Waals surface area contributed by atoms with E-state index in [4.69, 9.17) is 4.74 Å². The zero-order chi connectivity index (χ0) is 16.9. The SMILES string of the molecule is OC1(c2cccc3ccccc23)CN(Cc2cnc3n2CCOC3)C1. The number of benzene rings is 2. The summed E-state index contributed by atoms with van der Waals surface area (Å²) in [5, 5.41) is 13.5. The molecule has 5 nitrogen and oxygen atoms in total. The first-order chi connectivity index (χ1) is 12.2. The van der Waals surface area contributed by atoms with Crippen LogP contribution in [0.15, 0.2) is 48.7 Å². The summed E-state index contributed by atoms with van der Waals surface area (Å²) >= 11 is 0. The zero-order valence-electron chi connectivity index (χ0n) is 14.1. The molecule has 3 heterocycles. The Hall–Kier alpha value is -2.21. The summed E-state index contributed by atoms with van der Waals surface area (Å²) in [6, 6.07) is 14.4. The van der Waals surface area contributed by atoms with E-state index in [2.05, 4.69) is 38.7 Å². The van der Waals surface area contributed by atoms with Crippen LogP contribution in [0.5, 0.6) is 0 Å². The molecule has 2 aliphatic rings. The predicted octanol–water partition coefficient (Wildman–Crippen LogP) is 2.27. The van der Waals surface area contributed by atoms with Crippen LogP contribution in [0.4, 0.5) is 0 Å². The molecule has 0 radical (unpaired) electrons. The van der Waals surface area contributed by atoms with Gasteiger partial charge in [-0.25, -0.2) is 4.98 Å². The van der Waals surface area contributed by atoms with Crippen molar-refractivity contribution in [1.82, 2.24) is 14.5 Å². The Bertz CT molecular complexity index is 922. The number of imidazole rings is 1. The Labute approximate surface area is 146 Å². The van der Waals surface area contributed by atoms with Gasteiger partial charge in [-0.1, -0.05) is 42.5 Å². The fourth-order valence-corrected chi connectivity index (χ4v) is 4.12. The number of ether oxygens (including phenoxy) is 1. The molecule has 1 N–H and O–H groups in total. The van der Waals surface area contributed by atoms with E-state index in [1.54, 1.807) is 0 Å². The summed E-state index contributed by atoms with van der Waals surface area (Å²) in [6.45, 7) is 4.33. The number of aromatic nitrogens is 2. The van der Waals surface area contributed by atoms with Crippen molar-refractivity contribution in [3.63, 3.8) is 0 Å². The maximum atomic E-state index is 11.1. The van der Waals surface area contributed by atoms with E-state index in [0.29, 0.717) is 19.7 Å². The standard InChI is InChI=1S/C20H21N3O2/c24-20(18-7-3-5-15-4-1-2-6-17(15)18)13-22(14-20)11-16-10-21-19-12-25-9-8-23(16)19/h1-7,10,24H,8-9,11-14H2. The van der Waals surface area contributed by atoms with E-state index in [1.807, 2.05) is 24.4 Å². The molecule has 1 aromatic heterocycles. The van der Waals surface area contributed by atoms with E-state index in [0.717, 1.165) is 36.5 Å². The number of hydrogen-bond donors (Lipinski definition) is 1. The lowest BCUT2D eigenvalue weighted by Gasteiger charge is -2.47. The minimum Gasteiger partial charge on any atom is -0.382 e. The molecule has 0 atom stereocenters. The predicted molar refractivity (Wildman–Crippen MR) is 95.0 cm³/mol. The number of likely N-dealkylation sites (tertiary alicyclic amines) is 1. The molecule has 5 heteroatoms. The molecule has 25 heavy (non-hydrogen) atoms. The van der Waals surface area contributed by atoms with E-state index >= 15 is 0 Å². The van der Waals surface area contributed by atoms with E-state index in [9.17, 15) is 5.11 Å². The van der Waals surface area contributed by atoms with E-state index < -0.39 is 5.60 Å². The van der Waals surface area contributed by atoms with Gasteiger partial charge in [-0.2, -0.15) is 0 Å². The molecule has 2 aromatic carbocycles. The average molecular weight is 335 g/mol. The van der Waals surface area contributed by atoms with Crippen LogP contribution in [0, 0.1) is 0 Å². The summed E-state index contributed by atoms with van der Waals surface area (Å²) in [7, 11) is 0. The van der Waals surface area contributed by atoms with Gasteiger partial charge in [-0.15, -0.1) is 0 Å².